The normalized spacial score (nSPS) is 10.2. The molecule has 0 unspecified atom stereocenters. The maximum atomic E-state index is 12.4. The molecule has 27 heavy (non-hydrogen) atoms. The van der Waals surface area contributed by atoms with Crippen LogP contribution in [-0.4, -0.2) is 32.3 Å². The largest absolute Gasteiger partial charge is 0.490 e. The summed E-state index contributed by atoms with van der Waals surface area (Å²) in [6.45, 7) is 4.80. The van der Waals surface area contributed by atoms with Crippen molar-refractivity contribution in [2.75, 3.05) is 20.3 Å². The quantitative estimate of drug-likeness (QED) is 0.497. The topological polar surface area (TPSA) is 71.1 Å². The third kappa shape index (κ3) is 6.02. The first kappa shape index (κ1) is 20.3. The summed E-state index contributed by atoms with van der Waals surface area (Å²) in [5, 5.41) is 0. The van der Waals surface area contributed by atoms with E-state index in [2.05, 4.69) is 4.74 Å². The van der Waals surface area contributed by atoms with Gasteiger partial charge < -0.3 is 18.9 Å². The maximum Gasteiger partial charge on any atom is 0.315 e. The zero-order valence-corrected chi connectivity index (χ0v) is 15.8. The van der Waals surface area contributed by atoms with Crippen molar-refractivity contribution in [3.8, 4) is 17.2 Å². The summed E-state index contributed by atoms with van der Waals surface area (Å²) in [6.07, 6.45) is 0.108. The Bertz CT molecular complexity index is 784. The first-order valence-electron chi connectivity index (χ1n) is 8.81. The summed E-state index contributed by atoms with van der Waals surface area (Å²) in [7, 11) is 1.32. The average molecular weight is 372 g/mol. The van der Waals surface area contributed by atoms with E-state index in [0.717, 1.165) is 5.56 Å². The van der Waals surface area contributed by atoms with Crippen LogP contribution in [0.5, 0.6) is 17.2 Å². The minimum Gasteiger partial charge on any atom is -0.490 e. The van der Waals surface area contributed by atoms with Crippen LogP contribution in [0.25, 0.3) is 0 Å². The summed E-state index contributed by atoms with van der Waals surface area (Å²) in [5.41, 5.74) is 1.34. The maximum absolute atomic E-state index is 12.4. The SMILES string of the molecule is CCOc1ccc(CC(=O)Oc2ccccc2CC(=O)OC)cc1OCC. The smallest absolute Gasteiger partial charge is 0.315 e. The molecule has 0 spiro atoms. The van der Waals surface area contributed by atoms with E-state index in [-0.39, 0.29) is 12.8 Å². The molecule has 0 radical (unpaired) electrons. The molecule has 0 saturated carbocycles. The summed E-state index contributed by atoms with van der Waals surface area (Å²) in [6, 6.07) is 12.3. The van der Waals surface area contributed by atoms with Gasteiger partial charge >= 0.3 is 11.9 Å². The molecule has 0 fully saturated rings. The molecule has 0 aliphatic rings. The van der Waals surface area contributed by atoms with Gasteiger partial charge in [-0.1, -0.05) is 24.3 Å². The van der Waals surface area contributed by atoms with Crippen LogP contribution in [0.2, 0.25) is 0 Å². The van der Waals surface area contributed by atoms with Crippen molar-refractivity contribution in [2.24, 2.45) is 0 Å². The fraction of sp³-hybridized carbons (Fsp3) is 0.333. The second-order valence-electron chi connectivity index (χ2n) is 5.66. The lowest BCUT2D eigenvalue weighted by molar-refractivity contribution is -0.140. The molecule has 0 aliphatic heterocycles. The molecule has 0 aromatic heterocycles. The van der Waals surface area contributed by atoms with Gasteiger partial charge in [-0.2, -0.15) is 0 Å². The Hall–Kier alpha value is -3.02. The van der Waals surface area contributed by atoms with Gasteiger partial charge in [0.2, 0.25) is 0 Å². The van der Waals surface area contributed by atoms with Crippen LogP contribution < -0.4 is 14.2 Å². The van der Waals surface area contributed by atoms with Crippen molar-refractivity contribution in [3.05, 3.63) is 53.6 Å². The highest BCUT2D eigenvalue weighted by Gasteiger charge is 2.14. The van der Waals surface area contributed by atoms with Gasteiger partial charge in [-0.05, 0) is 37.6 Å². The molecule has 2 aromatic rings. The van der Waals surface area contributed by atoms with Crippen LogP contribution in [-0.2, 0) is 27.2 Å². The number of hydrogen-bond acceptors (Lipinski definition) is 6. The van der Waals surface area contributed by atoms with Crippen LogP contribution >= 0.6 is 0 Å². The van der Waals surface area contributed by atoms with E-state index in [4.69, 9.17) is 14.2 Å². The predicted octanol–water partition coefficient (Wildman–Crippen LogP) is 3.35. The fourth-order valence-electron chi connectivity index (χ4n) is 2.51. The fourth-order valence-corrected chi connectivity index (χ4v) is 2.51. The molecule has 0 atom stereocenters. The second kappa shape index (κ2) is 10.2. The molecule has 0 amide bonds. The predicted molar refractivity (Wildman–Crippen MR) is 100 cm³/mol. The van der Waals surface area contributed by atoms with Crippen LogP contribution in [0.15, 0.2) is 42.5 Å². The van der Waals surface area contributed by atoms with Crippen molar-refractivity contribution in [2.45, 2.75) is 26.7 Å². The third-order valence-corrected chi connectivity index (χ3v) is 3.72. The number of ether oxygens (including phenoxy) is 4. The van der Waals surface area contributed by atoms with Gasteiger partial charge in [0, 0.05) is 5.56 Å². The molecule has 2 aromatic carbocycles. The molecule has 0 saturated heterocycles. The molecule has 2 rings (SSSR count). The first-order chi connectivity index (χ1) is 13.1. The Morgan fingerprint density at radius 1 is 0.815 bits per heavy atom. The Labute approximate surface area is 159 Å². The molecule has 0 heterocycles. The van der Waals surface area contributed by atoms with Gasteiger partial charge in [0.15, 0.2) is 11.5 Å². The molecular formula is C21H24O6. The Kier molecular flexibility index (Phi) is 7.67. The van der Waals surface area contributed by atoms with Crippen molar-refractivity contribution >= 4 is 11.9 Å². The van der Waals surface area contributed by atoms with Gasteiger partial charge in [-0.3, -0.25) is 9.59 Å². The molecule has 0 N–H and O–H groups in total. The number of carbonyl (C=O) groups excluding carboxylic acids is 2. The average Bonchev–Trinajstić information content (AvgIpc) is 2.65. The highest BCUT2D eigenvalue weighted by Crippen LogP contribution is 2.29. The molecule has 6 nitrogen and oxygen atoms in total. The number of hydrogen-bond donors (Lipinski definition) is 0. The Morgan fingerprint density at radius 2 is 1.52 bits per heavy atom. The number of methoxy groups -OCH3 is 1. The second-order valence-corrected chi connectivity index (χ2v) is 5.66. The number of carbonyl (C=O) groups is 2. The monoisotopic (exact) mass is 372 g/mol. The van der Waals surface area contributed by atoms with Crippen molar-refractivity contribution in [1.29, 1.82) is 0 Å². The number of rotatable bonds is 9. The van der Waals surface area contributed by atoms with Gasteiger partial charge in [-0.25, -0.2) is 0 Å². The summed E-state index contributed by atoms with van der Waals surface area (Å²) < 4.78 is 21.2. The lowest BCUT2D eigenvalue weighted by atomic mass is 10.1. The lowest BCUT2D eigenvalue weighted by Gasteiger charge is -2.13. The minimum absolute atomic E-state index is 0.0392. The number of benzene rings is 2. The van der Waals surface area contributed by atoms with E-state index in [1.54, 1.807) is 42.5 Å². The van der Waals surface area contributed by atoms with Gasteiger partial charge in [0.25, 0.3) is 0 Å². The number of para-hydroxylation sites is 1. The van der Waals surface area contributed by atoms with E-state index < -0.39 is 11.9 Å². The van der Waals surface area contributed by atoms with Gasteiger partial charge in [0.1, 0.15) is 5.75 Å². The summed E-state index contributed by atoms with van der Waals surface area (Å²) in [5.74, 6) is 0.754. The zero-order valence-electron chi connectivity index (χ0n) is 15.8. The Morgan fingerprint density at radius 3 is 2.22 bits per heavy atom. The third-order valence-electron chi connectivity index (χ3n) is 3.72. The lowest BCUT2D eigenvalue weighted by Crippen LogP contribution is -2.14. The first-order valence-corrected chi connectivity index (χ1v) is 8.81. The minimum atomic E-state index is -0.432. The van der Waals surface area contributed by atoms with Gasteiger partial charge in [0.05, 0.1) is 33.2 Å². The highest BCUT2D eigenvalue weighted by atomic mass is 16.5. The van der Waals surface area contributed by atoms with E-state index in [1.165, 1.54) is 7.11 Å². The van der Waals surface area contributed by atoms with E-state index in [1.807, 2.05) is 13.8 Å². The zero-order chi connectivity index (χ0) is 19.6. The van der Waals surface area contributed by atoms with Crippen molar-refractivity contribution < 1.29 is 28.5 Å². The van der Waals surface area contributed by atoms with Crippen LogP contribution in [0, 0.1) is 0 Å². The summed E-state index contributed by atoms with van der Waals surface area (Å²) in [4.78, 5) is 23.9. The van der Waals surface area contributed by atoms with Crippen molar-refractivity contribution in [1.82, 2.24) is 0 Å². The van der Waals surface area contributed by atoms with E-state index in [0.29, 0.717) is 36.0 Å². The molecular weight excluding hydrogens is 348 g/mol. The standard InChI is InChI=1S/C21H24O6/c1-4-25-18-11-10-15(12-19(18)26-5-2)13-21(23)27-17-9-7-6-8-16(17)14-20(22)24-3/h6-12H,4-5,13-14H2,1-3H3. The highest BCUT2D eigenvalue weighted by molar-refractivity contribution is 5.77. The number of esters is 2. The molecule has 6 heteroatoms. The molecule has 144 valence electrons. The molecule has 0 bridgehead atoms. The van der Waals surface area contributed by atoms with E-state index >= 15 is 0 Å². The summed E-state index contributed by atoms with van der Waals surface area (Å²) >= 11 is 0. The Balaban J connectivity index is 2.10. The van der Waals surface area contributed by atoms with Crippen LogP contribution in [0.1, 0.15) is 25.0 Å². The van der Waals surface area contributed by atoms with Gasteiger partial charge in [-0.15, -0.1) is 0 Å². The van der Waals surface area contributed by atoms with E-state index in [9.17, 15) is 9.59 Å². The van der Waals surface area contributed by atoms with Crippen molar-refractivity contribution in [3.63, 3.8) is 0 Å². The van der Waals surface area contributed by atoms with Crippen LogP contribution in [0.3, 0.4) is 0 Å². The van der Waals surface area contributed by atoms with Crippen LogP contribution in [0.4, 0.5) is 0 Å². The molecule has 0 aliphatic carbocycles.